The molecule has 3 rings (SSSR count). The van der Waals surface area contributed by atoms with E-state index in [-0.39, 0.29) is 18.5 Å². The molecule has 31 heavy (non-hydrogen) atoms. The quantitative estimate of drug-likeness (QED) is 0.533. The summed E-state index contributed by atoms with van der Waals surface area (Å²) in [6, 6.07) is 21.3. The zero-order chi connectivity index (χ0) is 22.1. The molecule has 6 nitrogen and oxygen atoms in total. The number of rotatable bonds is 7. The first-order chi connectivity index (χ1) is 15.0. The van der Waals surface area contributed by atoms with Gasteiger partial charge in [0, 0.05) is 33.2 Å². The molecule has 0 spiro atoms. The summed E-state index contributed by atoms with van der Waals surface area (Å²) in [6.07, 6.45) is 2.23. The number of guanidine groups is 1. The van der Waals surface area contributed by atoms with Gasteiger partial charge in [-0.15, -0.1) is 0 Å². The number of likely N-dealkylation sites (tertiary alicyclic amines) is 1. The number of aliphatic imine (C=N–C) groups is 1. The van der Waals surface area contributed by atoms with Crippen LogP contribution in [0.5, 0.6) is 0 Å². The number of piperidine rings is 1. The Morgan fingerprint density at radius 1 is 1.13 bits per heavy atom. The van der Waals surface area contributed by atoms with E-state index in [9.17, 15) is 4.79 Å². The highest BCUT2D eigenvalue weighted by Gasteiger charge is 2.21. The fourth-order valence-corrected chi connectivity index (χ4v) is 3.80. The van der Waals surface area contributed by atoms with Crippen LogP contribution in [0.3, 0.4) is 0 Å². The molecule has 2 unspecified atom stereocenters. The van der Waals surface area contributed by atoms with Gasteiger partial charge in [0.15, 0.2) is 5.96 Å². The Hall–Kier alpha value is -2.86. The van der Waals surface area contributed by atoms with Crippen molar-refractivity contribution >= 4 is 11.9 Å². The lowest BCUT2D eigenvalue weighted by molar-refractivity contribution is -0.127. The molecule has 1 amide bonds. The van der Waals surface area contributed by atoms with Gasteiger partial charge in [-0.3, -0.25) is 9.69 Å². The monoisotopic (exact) mass is 421 g/mol. The van der Waals surface area contributed by atoms with Crippen LogP contribution in [0.1, 0.15) is 36.9 Å². The van der Waals surface area contributed by atoms with Crippen molar-refractivity contribution in [2.75, 3.05) is 33.7 Å². The third-order valence-electron chi connectivity index (χ3n) is 5.62. The molecule has 1 fully saturated rings. The number of hydrogen-bond donors (Lipinski definition) is 2. The number of nitrogens with zero attached hydrogens (tertiary/aromatic N) is 3. The summed E-state index contributed by atoms with van der Waals surface area (Å²) in [4.78, 5) is 20.8. The molecule has 0 saturated carbocycles. The van der Waals surface area contributed by atoms with Crippen LogP contribution in [-0.4, -0.2) is 61.4 Å². The molecule has 6 heteroatoms. The Morgan fingerprint density at radius 2 is 1.81 bits per heavy atom. The largest absolute Gasteiger partial charge is 0.352 e. The highest BCUT2D eigenvalue weighted by atomic mass is 16.2. The summed E-state index contributed by atoms with van der Waals surface area (Å²) in [5, 5.41) is 7.08. The maximum atomic E-state index is 12.1. The first-order valence-corrected chi connectivity index (χ1v) is 11.1. The normalized spacial score (nSPS) is 18.3. The average Bonchev–Trinajstić information content (AvgIpc) is 2.78. The van der Waals surface area contributed by atoms with Crippen LogP contribution in [0.2, 0.25) is 0 Å². The van der Waals surface area contributed by atoms with E-state index in [0.29, 0.717) is 12.0 Å². The Labute approximate surface area is 186 Å². The van der Waals surface area contributed by atoms with Gasteiger partial charge in [0.05, 0.1) is 6.04 Å². The van der Waals surface area contributed by atoms with Crippen LogP contribution in [0.4, 0.5) is 0 Å². The number of benzene rings is 2. The van der Waals surface area contributed by atoms with Crippen molar-refractivity contribution in [1.29, 1.82) is 0 Å². The molecule has 2 N–H and O–H groups in total. The Balaban J connectivity index is 1.65. The molecule has 2 atom stereocenters. The van der Waals surface area contributed by atoms with Gasteiger partial charge < -0.3 is 15.5 Å². The topological polar surface area (TPSA) is 60.0 Å². The lowest BCUT2D eigenvalue weighted by Gasteiger charge is -2.34. The van der Waals surface area contributed by atoms with Crippen molar-refractivity contribution < 1.29 is 4.79 Å². The molecule has 2 aromatic carbocycles. The van der Waals surface area contributed by atoms with E-state index in [4.69, 9.17) is 0 Å². The fraction of sp³-hybridized carbons (Fsp3) is 0.440. The Bertz CT molecular complexity index is 838. The van der Waals surface area contributed by atoms with E-state index in [1.54, 1.807) is 19.0 Å². The second-order valence-electron chi connectivity index (χ2n) is 8.43. The molecule has 1 saturated heterocycles. The van der Waals surface area contributed by atoms with Crippen molar-refractivity contribution in [2.24, 2.45) is 4.99 Å². The van der Waals surface area contributed by atoms with E-state index in [2.05, 4.69) is 69.9 Å². The smallest absolute Gasteiger partial charge is 0.243 e. The van der Waals surface area contributed by atoms with E-state index >= 15 is 0 Å². The summed E-state index contributed by atoms with van der Waals surface area (Å²) in [5.41, 5.74) is 2.52. The number of hydrogen-bond acceptors (Lipinski definition) is 3. The lowest BCUT2D eigenvalue weighted by Crippen LogP contribution is -2.51. The summed E-state index contributed by atoms with van der Waals surface area (Å²) in [7, 11) is 3.52. The minimum absolute atomic E-state index is 0.0113. The number of likely N-dealkylation sites (N-methyl/N-ethyl adjacent to an activating group) is 1. The van der Waals surface area contributed by atoms with Gasteiger partial charge in [-0.2, -0.15) is 0 Å². The van der Waals surface area contributed by atoms with Gasteiger partial charge >= 0.3 is 0 Å². The van der Waals surface area contributed by atoms with E-state index < -0.39 is 0 Å². The Morgan fingerprint density at radius 3 is 2.48 bits per heavy atom. The minimum Gasteiger partial charge on any atom is -0.352 e. The first kappa shape index (κ1) is 22.8. The van der Waals surface area contributed by atoms with Crippen LogP contribution in [0.15, 0.2) is 65.7 Å². The van der Waals surface area contributed by atoms with Crippen molar-refractivity contribution in [2.45, 2.75) is 38.4 Å². The van der Waals surface area contributed by atoms with Gasteiger partial charge in [0.2, 0.25) is 5.91 Å². The lowest BCUT2D eigenvalue weighted by atomic mass is 10.0. The predicted molar refractivity (Wildman–Crippen MR) is 127 cm³/mol. The van der Waals surface area contributed by atoms with Crippen molar-refractivity contribution in [3.63, 3.8) is 0 Å². The van der Waals surface area contributed by atoms with Gasteiger partial charge in [0.25, 0.3) is 0 Å². The number of carbonyl (C=O) groups is 1. The molecule has 166 valence electrons. The molecule has 1 heterocycles. The Kier molecular flexibility index (Phi) is 8.47. The predicted octanol–water partition coefficient (Wildman–Crippen LogP) is 3.04. The van der Waals surface area contributed by atoms with E-state index in [1.165, 1.54) is 11.1 Å². The van der Waals surface area contributed by atoms with Gasteiger partial charge in [-0.25, -0.2) is 4.99 Å². The van der Waals surface area contributed by atoms with Crippen LogP contribution >= 0.6 is 0 Å². The molecule has 0 bridgehead atoms. The summed E-state index contributed by atoms with van der Waals surface area (Å²) in [6.45, 7) is 5.26. The molecule has 1 aliphatic rings. The molecular weight excluding hydrogens is 386 g/mol. The summed E-state index contributed by atoms with van der Waals surface area (Å²) in [5.74, 6) is 0.681. The fourth-order valence-electron chi connectivity index (χ4n) is 3.80. The third-order valence-corrected chi connectivity index (χ3v) is 5.62. The van der Waals surface area contributed by atoms with Crippen LogP contribution < -0.4 is 10.6 Å². The van der Waals surface area contributed by atoms with Crippen molar-refractivity contribution in [3.8, 4) is 0 Å². The zero-order valence-electron chi connectivity index (χ0n) is 18.9. The minimum atomic E-state index is -0.0113. The molecule has 0 aromatic heterocycles. The summed E-state index contributed by atoms with van der Waals surface area (Å²) >= 11 is 0. The van der Waals surface area contributed by atoms with Crippen molar-refractivity contribution in [3.05, 3.63) is 71.8 Å². The molecule has 0 aliphatic carbocycles. The highest BCUT2D eigenvalue weighted by Crippen LogP contribution is 2.15. The second kappa shape index (κ2) is 11.5. The summed E-state index contributed by atoms with van der Waals surface area (Å²) < 4.78 is 0. The molecule has 1 aliphatic heterocycles. The van der Waals surface area contributed by atoms with Crippen LogP contribution in [0, 0.1) is 0 Å². The number of carbonyl (C=O) groups excluding carboxylic acids is 1. The zero-order valence-corrected chi connectivity index (χ0v) is 18.9. The number of amides is 1. The maximum absolute atomic E-state index is 12.1. The molecular formula is C25H35N5O. The highest BCUT2D eigenvalue weighted by molar-refractivity contribution is 5.85. The standard InChI is InChI=1S/C25H35N5O/c1-20(22-13-8-5-9-14-22)27-25(26-17-24(31)29(2)3)28-23-15-10-16-30(19-23)18-21-11-6-4-7-12-21/h4-9,11-14,20,23H,10,15-19H2,1-3H3,(H2,26,27,28). The van der Waals surface area contributed by atoms with Crippen LogP contribution in [-0.2, 0) is 11.3 Å². The second-order valence-corrected chi connectivity index (χ2v) is 8.43. The van der Waals surface area contributed by atoms with E-state index in [0.717, 1.165) is 32.5 Å². The van der Waals surface area contributed by atoms with Crippen LogP contribution in [0.25, 0.3) is 0 Å². The average molecular weight is 422 g/mol. The van der Waals surface area contributed by atoms with Gasteiger partial charge in [-0.1, -0.05) is 60.7 Å². The third kappa shape index (κ3) is 7.40. The molecule has 0 radical (unpaired) electrons. The van der Waals surface area contributed by atoms with Gasteiger partial charge in [0.1, 0.15) is 6.54 Å². The number of nitrogens with one attached hydrogen (secondary N) is 2. The van der Waals surface area contributed by atoms with Gasteiger partial charge in [-0.05, 0) is 37.4 Å². The SMILES string of the molecule is CC(NC(=NCC(=O)N(C)C)NC1CCCN(Cc2ccccc2)C1)c1ccccc1. The van der Waals surface area contributed by atoms with E-state index in [1.807, 2.05) is 18.2 Å². The molecule has 2 aromatic rings. The maximum Gasteiger partial charge on any atom is 0.243 e. The first-order valence-electron chi connectivity index (χ1n) is 11.1. The van der Waals surface area contributed by atoms with Crippen molar-refractivity contribution in [1.82, 2.24) is 20.4 Å².